The zero-order chi connectivity index (χ0) is 11.7. The number of aryl methyl sites for hydroxylation is 1. The summed E-state index contributed by atoms with van der Waals surface area (Å²) in [6, 6.07) is 0.681. The van der Waals surface area contributed by atoms with Gasteiger partial charge in [-0.3, -0.25) is 4.68 Å². The van der Waals surface area contributed by atoms with Crippen molar-refractivity contribution in [3.05, 3.63) is 24.3 Å². The van der Waals surface area contributed by atoms with Crippen molar-refractivity contribution in [2.75, 3.05) is 0 Å². The van der Waals surface area contributed by atoms with Gasteiger partial charge in [-0.1, -0.05) is 0 Å². The molecule has 7 heteroatoms. The van der Waals surface area contributed by atoms with Crippen LogP contribution in [0.15, 0.2) is 12.7 Å². The van der Waals surface area contributed by atoms with E-state index in [0.717, 1.165) is 18.2 Å². The van der Waals surface area contributed by atoms with Gasteiger partial charge in [0.2, 0.25) is 0 Å². The highest BCUT2D eigenvalue weighted by molar-refractivity contribution is 4.89. The van der Waals surface area contributed by atoms with E-state index in [0.29, 0.717) is 12.6 Å². The molecule has 3 rings (SSSR count). The first-order chi connectivity index (χ1) is 8.31. The molecule has 1 saturated carbocycles. The Morgan fingerprint density at radius 1 is 1.41 bits per heavy atom. The third kappa shape index (κ3) is 2.50. The van der Waals surface area contributed by atoms with Crippen LogP contribution >= 0.6 is 0 Å². The monoisotopic (exact) mass is 233 g/mol. The lowest BCUT2D eigenvalue weighted by molar-refractivity contribution is 0.590. The summed E-state index contributed by atoms with van der Waals surface area (Å²) in [4.78, 5) is 8.41. The second-order valence-electron chi connectivity index (χ2n) is 4.31. The van der Waals surface area contributed by atoms with Gasteiger partial charge in [0, 0.05) is 13.1 Å². The Balaban J connectivity index is 1.61. The van der Waals surface area contributed by atoms with Crippen molar-refractivity contribution in [2.24, 2.45) is 7.05 Å². The minimum absolute atomic E-state index is 0.604. The smallest absolute Gasteiger partial charge is 0.164 e. The highest BCUT2D eigenvalue weighted by atomic mass is 15.4. The summed E-state index contributed by atoms with van der Waals surface area (Å²) in [6.07, 6.45) is 5.83. The maximum absolute atomic E-state index is 4.39. The van der Waals surface area contributed by atoms with Crippen molar-refractivity contribution in [1.82, 2.24) is 34.8 Å². The second-order valence-corrected chi connectivity index (χ2v) is 4.31. The first-order valence-corrected chi connectivity index (χ1v) is 5.76. The van der Waals surface area contributed by atoms with E-state index in [1.807, 2.05) is 7.05 Å². The summed E-state index contributed by atoms with van der Waals surface area (Å²) in [5.41, 5.74) is 0. The molecule has 1 aliphatic rings. The summed E-state index contributed by atoms with van der Waals surface area (Å²) in [5.74, 6) is 1.70. The molecule has 0 amide bonds. The first-order valence-electron chi connectivity index (χ1n) is 5.76. The van der Waals surface area contributed by atoms with Crippen LogP contribution < -0.4 is 5.32 Å². The second kappa shape index (κ2) is 4.25. The third-order valence-electron chi connectivity index (χ3n) is 2.82. The topological polar surface area (TPSA) is 73.5 Å². The summed E-state index contributed by atoms with van der Waals surface area (Å²) in [6.45, 7) is 1.35. The fraction of sp³-hybridized carbons (Fsp3) is 0.600. The van der Waals surface area contributed by atoms with E-state index >= 15 is 0 Å². The molecule has 1 fully saturated rings. The summed E-state index contributed by atoms with van der Waals surface area (Å²) >= 11 is 0. The zero-order valence-corrected chi connectivity index (χ0v) is 9.74. The molecule has 7 nitrogen and oxygen atoms in total. The fourth-order valence-corrected chi connectivity index (χ4v) is 1.62. The van der Waals surface area contributed by atoms with Crippen LogP contribution in [0.4, 0.5) is 0 Å². The van der Waals surface area contributed by atoms with Crippen LogP contribution in [0.1, 0.15) is 24.5 Å². The maximum Gasteiger partial charge on any atom is 0.164 e. The Morgan fingerprint density at radius 2 is 2.29 bits per heavy atom. The molecule has 2 aromatic rings. The molecule has 17 heavy (non-hydrogen) atoms. The average molecular weight is 233 g/mol. The first kappa shape index (κ1) is 10.4. The Labute approximate surface area is 98.9 Å². The molecule has 2 aromatic heterocycles. The van der Waals surface area contributed by atoms with Gasteiger partial charge in [-0.15, -0.1) is 0 Å². The molecular formula is C10H15N7. The number of hydrogen-bond donors (Lipinski definition) is 1. The third-order valence-corrected chi connectivity index (χ3v) is 2.82. The van der Waals surface area contributed by atoms with Gasteiger partial charge in [0.1, 0.15) is 25.0 Å². The van der Waals surface area contributed by atoms with E-state index in [4.69, 9.17) is 0 Å². The maximum atomic E-state index is 4.39. The van der Waals surface area contributed by atoms with E-state index in [2.05, 4.69) is 25.5 Å². The van der Waals surface area contributed by atoms with Crippen molar-refractivity contribution in [3.63, 3.8) is 0 Å². The molecule has 0 bridgehead atoms. The molecular weight excluding hydrogens is 218 g/mol. The SMILES string of the molecule is Cn1ncnc1Cn1cnc(CNC2CC2)n1. The van der Waals surface area contributed by atoms with Crippen LogP contribution in [0, 0.1) is 0 Å². The Morgan fingerprint density at radius 3 is 3.00 bits per heavy atom. The average Bonchev–Trinajstić information content (AvgIpc) is 2.92. The number of aromatic nitrogens is 6. The number of nitrogens with zero attached hydrogens (tertiary/aromatic N) is 6. The number of rotatable bonds is 5. The van der Waals surface area contributed by atoms with Gasteiger partial charge in [-0.2, -0.15) is 10.2 Å². The largest absolute Gasteiger partial charge is 0.307 e. The quantitative estimate of drug-likeness (QED) is 0.768. The number of nitrogens with one attached hydrogen (secondary N) is 1. The lowest BCUT2D eigenvalue weighted by Gasteiger charge is -1.99. The van der Waals surface area contributed by atoms with Gasteiger partial charge in [-0.05, 0) is 12.8 Å². The molecule has 0 radical (unpaired) electrons. The highest BCUT2D eigenvalue weighted by Crippen LogP contribution is 2.18. The van der Waals surface area contributed by atoms with Gasteiger partial charge in [0.05, 0.1) is 6.54 Å². The molecule has 0 unspecified atom stereocenters. The summed E-state index contributed by atoms with van der Waals surface area (Å²) in [5, 5.41) is 11.8. The standard InChI is InChI=1S/C10H15N7/c1-16-10(12-6-14-16)5-17-7-13-9(15-17)4-11-8-2-3-8/h6-8,11H,2-5H2,1H3. The molecule has 0 aliphatic heterocycles. The van der Waals surface area contributed by atoms with Crippen LogP contribution in [0.3, 0.4) is 0 Å². The van der Waals surface area contributed by atoms with Crippen molar-refractivity contribution >= 4 is 0 Å². The van der Waals surface area contributed by atoms with E-state index < -0.39 is 0 Å². The molecule has 0 saturated heterocycles. The van der Waals surface area contributed by atoms with Crippen LogP contribution in [0.25, 0.3) is 0 Å². The number of hydrogen-bond acceptors (Lipinski definition) is 5. The van der Waals surface area contributed by atoms with Crippen LogP contribution in [0.5, 0.6) is 0 Å². The van der Waals surface area contributed by atoms with E-state index in [9.17, 15) is 0 Å². The van der Waals surface area contributed by atoms with E-state index in [1.165, 1.54) is 12.8 Å². The van der Waals surface area contributed by atoms with Crippen LogP contribution in [-0.4, -0.2) is 35.6 Å². The van der Waals surface area contributed by atoms with Gasteiger partial charge < -0.3 is 5.32 Å². The van der Waals surface area contributed by atoms with Gasteiger partial charge in [0.15, 0.2) is 5.82 Å². The highest BCUT2D eigenvalue weighted by Gasteiger charge is 2.20. The fourth-order valence-electron chi connectivity index (χ4n) is 1.62. The van der Waals surface area contributed by atoms with Crippen molar-refractivity contribution in [1.29, 1.82) is 0 Å². The Kier molecular flexibility index (Phi) is 2.60. The van der Waals surface area contributed by atoms with Gasteiger partial charge in [0.25, 0.3) is 0 Å². The minimum Gasteiger partial charge on any atom is -0.307 e. The van der Waals surface area contributed by atoms with E-state index in [-0.39, 0.29) is 0 Å². The molecule has 0 aromatic carbocycles. The predicted molar refractivity (Wildman–Crippen MR) is 60.0 cm³/mol. The van der Waals surface area contributed by atoms with Crippen LogP contribution in [0.2, 0.25) is 0 Å². The Bertz CT molecular complexity index is 496. The zero-order valence-electron chi connectivity index (χ0n) is 9.74. The van der Waals surface area contributed by atoms with Gasteiger partial charge >= 0.3 is 0 Å². The lowest BCUT2D eigenvalue weighted by Crippen LogP contribution is -2.16. The lowest BCUT2D eigenvalue weighted by atomic mass is 10.5. The Hall–Kier alpha value is -1.76. The molecule has 1 aliphatic carbocycles. The minimum atomic E-state index is 0.604. The summed E-state index contributed by atoms with van der Waals surface area (Å²) in [7, 11) is 1.87. The summed E-state index contributed by atoms with van der Waals surface area (Å²) < 4.78 is 3.53. The molecule has 90 valence electrons. The molecule has 0 spiro atoms. The van der Waals surface area contributed by atoms with Crippen molar-refractivity contribution in [3.8, 4) is 0 Å². The predicted octanol–water partition coefficient (Wildman–Crippen LogP) is -0.293. The molecule has 0 atom stereocenters. The molecule has 1 N–H and O–H groups in total. The van der Waals surface area contributed by atoms with Gasteiger partial charge in [-0.25, -0.2) is 14.6 Å². The molecule has 2 heterocycles. The van der Waals surface area contributed by atoms with Crippen molar-refractivity contribution < 1.29 is 0 Å². The van der Waals surface area contributed by atoms with E-state index in [1.54, 1.807) is 22.0 Å². The normalized spacial score (nSPS) is 15.4. The van der Waals surface area contributed by atoms with Crippen LogP contribution in [-0.2, 0) is 20.1 Å². The van der Waals surface area contributed by atoms with Crippen molar-refractivity contribution in [2.45, 2.75) is 32.0 Å².